The number of likely N-dealkylation sites (N-methyl/N-ethyl adjacent to an activating group) is 1. The Balaban J connectivity index is 1.90. The molecule has 0 bridgehead atoms. The number of benzene rings is 1. The molecule has 2 heterocycles. The summed E-state index contributed by atoms with van der Waals surface area (Å²) >= 11 is 0. The molecule has 1 aromatic carbocycles. The minimum atomic E-state index is -0.976. The molecule has 3 rings (SSSR count). The number of hydrogen-bond acceptors (Lipinski definition) is 4. The number of anilines is 2. The number of nitrogens with one attached hydrogen (secondary N) is 1. The lowest BCUT2D eigenvalue weighted by Crippen LogP contribution is -2.44. The van der Waals surface area contributed by atoms with Gasteiger partial charge in [-0.3, -0.25) is 9.59 Å². The van der Waals surface area contributed by atoms with Gasteiger partial charge >= 0.3 is 5.97 Å². The van der Waals surface area contributed by atoms with Crippen LogP contribution in [0.15, 0.2) is 18.2 Å². The van der Waals surface area contributed by atoms with Crippen LogP contribution < -0.4 is 10.2 Å². The molecule has 0 aliphatic carbocycles. The minimum Gasteiger partial charge on any atom is -0.480 e. The molecule has 0 spiro atoms. The zero-order valence-corrected chi connectivity index (χ0v) is 13.1. The maximum atomic E-state index is 12.6. The van der Waals surface area contributed by atoms with Crippen molar-refractivity contribution in [1.82, 2.24) is 4.90 Å². The van der Waals surface area contributed by atoms with Crippen LogP contribution in [0.5, 0.6) is 0 Å². The summed E-state index contributed by atoms with van der Waals surface area (Å²) in [5.74, 6) is -1.42. The van der Waals surface area contributed by atoms with Crippen LogP contribution in [0.2, 0.25) is 0 Å². The van der Waals surface area contributed by atoms with E-state index in [2.05, 4.69) is 5.32 Å². The van der Waals surface area contributed by atoms with Crippen molar-refractivity contribution in [1.29, 1.82) is 0 Å². The molecule has 1 saturated heterocycles. The first-order valence-electron chi connectivity index (χ1n) is 7.61. The molecule has 2 unspecified atom stereocenters. The Bertz CT molecular complexity index is 688. The van der Waals surface area contributed by atoms with E-state index in [0.29, 0.717) is 30.6 Å². The number of amides is 2. The second-order valence-corrected chi connectivity index (χ2v) is 6.00. The van der Waals surface area contributed by atoms with Gasteiger partial charge in [0.1, 0.15) is 12.1 Å². The van der Waals surface area contributed by atoms with Crippen molar-refractivity contribution in [2.75, 3.05) is 23.8 Å². The average molecular weight is 317 g/mol. The normalized spacial score (nSPS) is 23.5. The first kappa shape index (κ1) is 15.3. The summed E-state index contributed by atoms with van der Waals surface area (Å²) in [4.78, 5) is 39.0. The van der Waals surface area contributed by atoms with E-state index in [1.807, 2.05) is 11.9 Å². The number of likely N-dealkylation sites (tertiary alicyclic amines) is 1. The smallest absolute Gasteiger partial charge is 0.326 e. The summed E-state index contributed by atoms with van der Waals surface area (Å²) in [5, 5.41) is 12.0. The minimum absolute atomic E-state index is 0.130. The Labute approximate surface area is 133 Å². The molecule has 2 amide bonds. The summed E-state index contributed by atoms with van der Waals surface area (Å²) in [5.41, 5.74) is 1.80. The second-order valence-electron chi connectivity index (χ2n) is 6.00. The third kappa shape index (κ3) is 2.52. The standard InChI is InChI=1S/C16H19N3O4/c1-9-14(20)17-11-8-10(5-6-12(11)18(9)2)15(21)19-7-3-4-13(19)16(22)23/h5-6,8-9,13H,3-4,7H2,1-2H3,(H,17,20)(H,22,23). The number of carbonyl (C=O) groups excluding carboxylic acids is 2. The first-order chi connectivity index (χ1) is 10.9. The number of carboxylic acids is 1. The number of hydrogen-bond donors (Lipinski definition) is 2. The van der Waals surface area contributed by atoms with Gasteiger partial charge < -0.3 is 20.2 Å². The average Bonchev–Trinajstić information content (AvgIpc) is 3.01. The van der Waals surface area contributed by atoms with Crippen LogP contribution in [-0.4, -0.2) is 53.5 Å². The molecule has 2 aliphatic heterocycles. The van der Waals surface area contributed by atoms with Crippen molar-refractivity contribution in [3.63, 3.8) is 0 Å². The number of rotatable bonds is 2. The van der Waals surface area contributed by atoms with Gasteiger partial charge in [-0.25, -0.2) is 4.79 Å². The third-order valence-corrected chi connectivity index (χ3v) is 4.64. The van der Waals surface area contributed by atoms with Crippen LogP contribution in [0.25, 0.3) is 0 Å². The maximum absolute atomic E-state index is 12.6. The van der Waals surface area contributed by atoms with Gasteiger partial charge in [-0.15, -0.1) is 0 Å². The number of nitrogens with zero attached hydrogens (tertiary/aromatic N) is 2. The predicted molar refractivity (Wildman–Crippen MR) is 84.6 cm³/mol. The molecule has 23 heavy (non-hydrogen) atoms. The molecule has 1 fully saturated rings. The molecule has 0 aromatic heterocycles. The summed E-state index contributed by atoms with van der Waals surface area (Å²) in [6, 6.07) is 4.04. The van der Waals surface area contributed by atoms with Crippen molar-refractivity contribution in [3.8, 4) is 0 Å². The van der Waals surface area contributed by atoms with Gasteiger partial charge in [0, 0.05) is 19.2 Å². The Kier molecular flexibility index (Phi) is 3.71. The lowest BCUT2D eigenvalue weighted by atomic mass is 10.1. The van der Waals surface area contributed by atoms with E-state index in [9.17, 15) is 19.5 Å². The third-order valence-electron chi connectivity index (χ3n) is 4.64. The summed E-state index contributed by atoms with van der Waals surface area (Å²) < 4.78 is 0. The summed E-state index contributed by atoms with van der Waals surface area (Å²) in [7, 11) is 1.82. The SMILES string of the molecule is CC1C(=O)Nc2cc(C(=O)N3CCCC3C(=O)O)ccc2N1C. The molecule has 7 heteroatoms. The molecule has 0 radical (unpaired) electrons. The highest BCUT2D eigenvalue weighted by Crippen LogP contribution is 2.32. The van der Waals surface area contributed by atoms with Crippen LogP contribution in [0.4, 0.5) is 11.4 Å². The van der Waals surface area contributed by atoms with E-state index in [1.54, 1.807) is 25.1 Å². The lowest BCUT2D eigenvalue weighted by Gasteiger charge is -2.33. The van der Waals surface area contributed by atoms with Crippen molar-refractivity contribution in [3.05, 3.63) is 23.8 Å². The maximum Gasteiger partial charge on any atom is 0.326 e. The zero-order valence-electron chi connectivity index (χ0n) is 13.1. The van der Waals surface area contributed by atoms with Gasteiger partial charge in [0.2, 0.25) is 5.91 Å². The molecular weight excluding hydrogens is 298 g/mol. The quantitative estimate of drug-likeness (QED) is 0.854. The highest BCUT2D eigenvalue weighted by Gasteiger charge is 2.35. The monoisotopic (exact) mass is 317 g/mol. The molecule has 0 saturated carbocycles. The molecule has 2 atom stereocenters. The van der Waals surface area contributed by atoms with Crippen molar-refractivity contribution in [2.24, 2.45) is 0 Å². The highest BCUT2D eigenvalue weighted by atomic mass is 16.4. The molecule has 2 N–H and O–H groups in total. The van der Waals surface area contributed by atoms with Gasteiger partial charge in [-0.05, 0) is 38.0 Å². The Morgan fingerprint density at radius 2 is 2.09 bits per heavy atom. The van der Waals surface area contributed by atoms with Gasteiger partial charge in [0.15, 0.2) is 0 Å². The van der Waals surface area contributed by atoms with E-state index in [-0.39, 0.29) is 17.9 Å². The Morgan fingerprint density at radius 3 is 2.78 bits per heavy atom. The Hall–Kier alpha value is -2.57. The molecule has 122 valence electrons. The van der Waals surface area contributed by atoms with Crippen LogP contribution in [0.1, 0.15) is 30.1 Å². The van der Waals surface area contributed by atoms with E-state index >= 15 is 0 Å². The molecule has 1 aromatic rings. The lowest BCUT2D eigenvalue weighted by molar-refractivity contribution is -0.141. The molecular formula is C16H19N3O4. The fraction of sp³-hybridized carbons (Fsp3) is 0.438. The fourth-order valence-corrected chi connectivity index (χ4v) is 3.13. The van der Waals surface area contributed by atoms with Gasteiger partial charge in [-0.2, -0.15) is 0 Å². The van der Waals surface area contributed by atoms with E-state index in [4.69, 9.17) is 0 Å². The van der Waals surface area contributed by atoms with Crippen molar-refractivity contribution in [2.45, 2.75) is 31.8 Å². The number of aliphatic carboxylic acids is 1. The van der Waals surface area contributed by atoms with Crippen molar-refractivity contribution < 1.29 is 19.5 Å². The summed E-state index contributed by atoms with van der Waals surface area (Å²) in [6.07, 6.45) is 1.16. The largest absolute Gasteiger partial charge is 0.480 e. The van der Waals surface area contributed by atoms with Crippen molar-refractivity contribution >= 4 is 29.2 Å². The van der Waals surface area contributed by atoms with Crippen LogP contribution in [-0.2, 0) is 9.59 Å². The fourth-order valence-electron chi connectivity index (χ4n) is 3.13. The topological polar surface area (TPSA) is 90.0 Å². The highest BCUT2D eigenvalue weighted by molar-refractivity contribution is 6.05. The van der Waals surface area contributed by atoms with Gasteiger partial charge in [-0.1, -0.05) is 0 Å². The van der Waals surface area contributed by atoms with E-state index in [1.165, 1.54) is 4.90 Å². The van der Waals surface area contributed by atoms with Gasteiger partial charge in [0.05, 0.1) is 11.4 Å². The summed E-state index contributed by atoms with van der Waals surface area (Å²) in [6.45, 7) is 2.25. The van der Waals surface area contributed by atoms with Crippen LogP contribution >= 0.6 is 0 Å². The van der Waals surface area contributed by atoms with Gasteiger partial charge in [0.25, 0.3) is 5.91 Å². The van der Waals surface area contributed by atoms with E-state index in [0.717, 1.165) is 5.69 Å². The first-order valence-corrected chi connectivity index (χ1v) is 7.61. The van der Waals surface area contributed by atoms with Crippen LogP contribution in [0, 0.1) is 0 Å². The molecule has 7 nitrogen and oxygen atoms in total. The van der Waals surface area contributed by atoms with E-state index < -0.39 is 12.0 Å². The number of carbonyl (C=O) groups is 3. The van der Waals surface area contributed by atoms with Crippen LogP contribution in [0.3, 0.4) is 0 Å². The number of fused-ring (bicyclic) bond motifs is 1. The molecule has 2 aliphatic rings. The Morgan fingerprint density at radius 1 is 1.35 bits per heavy atom. The second kappa shape index (κ2) is 5.57. The predicted octanol–water partition coefficient (Wildman–Crippen LogP) is 1.15. The zero-order chi connectivity index (χ0) is 16.7. The number of carboxylic acid groups (broad SMARTS) is 1.